The maximum absolute atomic E-state index is 14.0. The van der Waals surface area contributed by atoms with Crippen LogP contribution in [-0.2, 0) is 16.6 Å². The summed E-state index contributed by atoms with van der Waals surface area (Å²) in [6, 6.07) is 0.216. The van der Waals surface area contributed by atoms with Crippen LogP contribution in [0.3, 0.4) is 0 Å². The van der Waals surface area contributed by atoms with Crippen molar-refractivity contribution in [3.8, 4) is 0 Å². The van der Waals surface area contributed by atoms with Crippen LogP contribution in [0.25, 0.3) is 0 Å². The maximum Gasteiger partial charge on any atom is 0.307 e. The predicted octanol–water partition coefficient (Wildman–Crippen LogP) is 1.11. The number of halogens is 1. The standard InChI is InChI=1S/C22H31FN8O2/c1-15-8-24-21(26-17-9-25-28(2)11-17)27-20(15)30-13-22(14-30,7-19(32)33-3)31-5-4-29-10-16(23)6-18(29)12-31/h8-9,11,16,18H,4-7,10,12-14H2,1-3H3,(H,24,26,27)/t16-,18+/m1/s1. The number of nitrogens with one attached hydrogen (secondary N) is 1. The Labute approximate surface area is 192 Å². The number of aromatic nitrogens is 4. The molecule has 1 N–H and O–H groups in total. The third kappa shape index (κ3) is 4.26. The van der Waals surface area contributed by atoms with Gasteiger partial charge in [0.15, 0.2) is 0 Å². The molecule has 2 aromatic rings. The average molecular weight is 459 g/mol. The summed E-state index contributed by atoms with van der Waals surface area (Å²) in [5, 5.41) is 7.35. The highest BCUT2D eigenvalue weighted by Crippen LogP contribution is 2.38. The number of methoxy groups -OCH3 is 1. The number of hydrogen-bond acceptors (Lipinski definition) is 9. The molecule has 0 bridgehead atoms. The lowest BCUT2D eigenvalue weighted by molar-refractivity contribution is -0.145. The van der Waals surface area contributed by atoms with Crippen LogP contribution in [0, 0.1) is 6.92 Å². The van der Waals surface area contributed by atoms with Crippen LogP contribution in [0.4, 0.5) is 21.8 Å². The van der Waals surface area contributed by atoms with Gasteiger partial charge in [-0.2, -0.15) is 10.1 Å². The molecule has 10 nitrogen and oxygen atoms in total. The van der Waals surface area contributed by atoms with Gasteiger partial charge in [-0.15, -0.1) is 0 Å². The number of piperazine rings is 1. The van der Waals surface area contributed by atoms with Gasteiger partial charge in [0.05, 0.1) is 31.0 Å². The largest absolute Gasteiger partial charge is 0.469 e. The van der Waals surface area contributed by atoms with Crippen molar-refractivity contribution in [2.75, 3.05) is 56.6 Å². The fourth-order valence-electron chi connectivity index (χ4n) is 5.42. The highest BCUT2D eigenvalue weighted by Gasteiger charge is 2.52. The van der Waals surface area contributed by atoms with Crippen LogP contribution in [-0.4, -0.2) is 99.6 Å². The molecule has 5 rings (SSSR count). The quantitative estimate of drug-likeness (QED) is 0.639. The Hall–Kier alpha value is -2.79. The zero-order valence-electron chi connectivity index (χ0n) is 19.4. The minimum absolute atomic E-state index is 0.216. The monoisotopic (exact) mass is 458 g/mol. The Kier molecular flexibility index (Phi) is 5.69. The number of ether oxygens (including phenoxy) is 1. The van der Waals surface area contributed by atoms with E-state index in [0.29, 0.717) is 38.4 Å². The van der Waals surface area contributed by atoms with Gasteiger partial charge in [0.25, 0.3) is 0 Å². The SMILES string of the molecule is COC(=O)CC1(N2CCN3C[C@H](F)C[C@H]3C2)CN(c2nc(Nc3cnn(C)c3)ncc2C)C1. The first-order valence-electron chi connectivity index (χ1n) is 11.4. The fourth-order valence-corrected chi connectivity index (χ4v) is 5.42. The summed E-state index contributed by atoms with van der Waals surface area (Å²) in [6.07, 6.45) is 5.52. The summed E-state index contributed by atoms with van der Waals surface area (Å²) in [5.41, 5.74) is 1.46. The molecule has 178 valence electrons. The van der Waals surface area contributed by atoms with Gasteiger partial charge >= 0.3 is 5.97 Å². The lowest BCUT2D eigenvalue weighted by Gasteiger charge is -2.58. The second-order valence-corrected chi connectivity index (χ2v) is 9.49. The lowest BCUT2D eigenvalue weighted by Crippen LogP contribution is -2.74. The van der Waals surface area contributed by atoms with E-state index in [9.17, 15) is 9.18 Å². The van der Waals surface area contributed by atoms with E-state index in [-0.39, 0.29) is 17.6 Å². The third-order valence-corrected chi connectivity index (χ3v) is 7.11. The topological polar surface area (TPSA) is 91.7 Å². The Morgan fingerprint density at radius 3 is 2.85 bits per heavy atom. The molecule has 3 fully saturated rings. The van der Waals surface area contributed by atoms with E-state index in [1.807, 2.05) is 20.2 Å². The molecule has 0 unspecified atom stereocenters. The summed E-state index contributed by atoms with van der Waals surface area (Å²) >= 11 is 0. The molecule has 0 radical (unpaired) electrons. The van der Waals surface area contributed by atoms with Crippen molar-refractivity contribution in [2.45, 2.75) is 37.5 Å². The molecular formula is C22H31FN8O2. The average Bonchev–Trinajstić information content (AvgIpc) is 3.35. The number of carbonyl (C=O) groups is 1. The molecule has 33 heavy (non-hydrogen) atoms. The predicted molar refractivity (Wildman–Crippen MR) is 121 cm³/mol. The Morgan fingerprint density at radius 1 is 1.30 bits per heavy atom. The molecule has 2 atom stereocenters. The van der Waals surface area contributed by atoms with Crippen molar-refractivity contribution in [1.29, 1.82) is 0 Å². The Balaban J connectivity index is 1.33. The van der Waals surface area contributed by atoms with Crippen LogP contribution < -0.4 is 10.2 Å². The molecule has 2 aromatic heterocycles. The van der Waals surface area contributed by atoms with Gasteiger partial charge in [-0.3, -0.25) is 19.3 Å². The second-order valence-electron chi connectivity index (χ2n) is 9.49. The molecular weight excluding hydrogens is 427 g/mol. The normalized spacial score (nSPS) is 24.9. The summed E-state index contributed by atoms with van der Waals surface area (Å²) in [4.78, 5) is 28.3. The smallest absolute Gasteiger partial charge is 0.307 e. The van der Waals surface area contributed by atoms with Gasteiger partial charge in [-0.05, 0) is 13.3 Å². The maximum atomic E-state index is 14.0. The van der Waals surface area contributed by atoms with Crippen molar-refractivity contribution < 1.29 is 13.9 Å². The van der Waals surface area contributed by atoms with Gasteiger partial charge in [-0.1, -0.05) is 0 Å². The van der Waals surface area contributed by atoms with Crippen LogP contribution in [0.5, 0.6) is 0 Å². The molecule has 11 heteroatoms. The van der Waals surface area contributed by atoms with E-state index in [4.69, 9.17) is 9.72 Å². The molecule has 0 saturated carbocycles. The van der Waals surface area contributed by atoms with Crippen molar-refractivity contribution in [3.05, 3.63) is 24.2 Å². The minimum Gasteiger partial charge on any atom is -0.469 e. The van der Waals surface area contributed by atoms with Gasteiger partial charge < -0.3 is 15.0 Å². The molecule has 0 aliphatic carbocycles. The van der Waals surface area contributed by atoms with Gasteiger partial charge in [0.2, 0.25) is 5.95 Å². The number of aryl methyl sites for hydroxylation is 2. The van der Waals surface area contributed by atoms with E-state index >= 15 is 0 Å². The summed E-state index contributed by atoms with van der Waals surface area (Å²) in [7, 11) is 3.28. The number of hydrogen-bond donors (Lipinski definition) is 1. The van der Waals surface area contributed by atoms with Gasteiger partial charge in [0, 0.05) is 70.3 Å². The molecule has 3 aliphatic rings. The van der Waals surface area contributed by atoms with E-state index in [1.54, 1.807) is 17.1 Å². The molecule has 5 heterocycles. The number of rotatable bonds is 6. The van der Waals surface area contributed by atoms with Crippen LogP contribution in [0.2, 0.25) is 0 Å². The van der Waals surface area contributed by atoms with Gasteiger partial charge in [-0.25, -0.2) is 9.37 Å². The van der Waals surface area contributed by atoms with Crippen molar-refractivity contribution in [1.82, 2.24) is 29.5 Å². The highest BCUT2D eigenvalue weighted by molar-refractivity contribution is 5.72. The van der Waals surface area contributed by atoms with Crippen LogP contribution >= 0.6 is 0 Å². The Morgan fingerprint density at radius 2 is 2.12 bits per heavy atom. The number of fused-ring (bicyclic) bond motifs is 1. The Bertz CT molecular complexity index is 1020. The first-order chi connectivity index (χ1) is 15.8. The number of nitrogens with zero attached hydrogens (tertiary/aromatic N) is 7. The van der Waals surface area contributed by atoms with Crippen molar-refractivity contribution in [3.63, 3.8) is 0 Å². The number of alkyl halides is 1. The summed E-state index contributed by atoms with van der Waals surface area (Å²) in [6.45, 7) is 6.28. The summed E-state index contributed by atoms with van der Waals surface area (Å²) < 4.78 is 20.7. The molecule has 0 spiro atoms. The minimum atomic E-state index is -0.751. The number of carbonyl (C=O) groups excluding carboxylic acids is 1. The number of esters is 1. The first kappa shape index (κ1) is 22.0. The fraction of sp³-hybridized carbons (Fsp3) is 0.636. The zero-order chi connectivity index (χ0) is 23.2. The number of anilines is 3. The highest BCUT2D eigenvalue weighted by atomic mass is 19.1. The van der Waals surface area contributed by atoms with Crippen molar-refractivity contribution >= 4 is 23.4 Å². The van der Waals surface area contributed by atoms with E-state index in [0.717, 1.165) is 36.7 Å². The zero-order valence-corrected chi connectivity index (χ0v) is 19.4. The molecule has 3 saturated heterocycles. The third-order valence-electron chi connectivity index (χ3n) is 7.11. The summed E-state index contributed by atoms with van der Waals surface area (Å²) in [5.74, 6) is 1.13. The van der Waals surface area contributed by atoms with E-state index in [2.05, 4.69) is 30.1 Å². The van der Waals surface area contributed by atoms with Crippen LogP contribution in [0.15, 0.2) is 18.6 Å². The first-order valence-corrected chi connectivity index (χ1v) is 11.4. The molecule has 0 aromatic carbocycles. The van der Waals surface area contributed by atoms with E-state index in [1.165, 1.54) is 7.11 Å². The van der Waals surface area contributed by atoms with Crippen molar-refractivity contribution in [2.24, 2.45) is 7.05 Å². The molecule has 3 aliphatic heterocycles. The molecule has 0 amide bonds. The second kappa shape index (κ2) is 8.53. The van der Waals surface area contributed by atoms with Gasteiger partial charge in [0.1, 0.15) is 12.0 Å². The lowest BCUT2D eigenvalue weighted by atomic mass is 9.82. The van der Waals surface area contributed by atoms with E-state index < -0.39 is 6.17 Å². The van der Waals surface area contributed by atoms with Crippen LogP contribution in [0.1, 0.15) is 18.4 Å².